The minimum Gasteiger partial charge on any atom is -0.465 e. The van der Waals surface area contributed by atoms with Gasteiger partial charge in [-0.15, -0.1) is 0 Å². The lowest BCUT2D eigenvalue weighted by atomic mass is 10.0. The molecule has 25 heavy (non-hydrogen) atoms. The molecule has 0 radical (unpaired) electrons. The van der Waals surface area contributed by atoms with Gasteiger partial charge in [-0.05, 0) is 38.5 Å². The summed E-state index contributed by atoms with van der Waals surface area (Å²) in [4.78, 5) is 24.6. The molecule has 2 N–H and O–H groups in total. The summed E-state index contributed by atoms with van der Waals surface area (Å²) < 4.78 is 42.0. The van der Waals surface area contributed by atoms with Crippen LogP contribution in [0.2, 0.25) is 0 Å². The third-order valence-electron chi connectivity index (χ3n) is 3.28. The molecule has 0 bridgehead atoms. The summed E-state index contributed by atoms with van der Waals surface area (Å²) in [6, 6.07) is 3.96. The number of carbonyl (C=O) groups is 2. The Balaban J connectivity index is 2.93. The van der Waals surface area contributed by atoms with Crippen LogP contribution in [0.4, 0.5) is 18.0 Å². The third kappa shape index (κ3) is 6.61. The first-order valence-corrected chi connectivity index (χ1v) is 7.46. The summed E-state index contributed by atoms with van der Waals surface area (Å²) in [5.41, 5.74) is -0.586. The van der Waals surface area contributed by atoms with Gasteiger partial charge in [-0.1, -0.05) is 12.1 Å². The molecule has 0 aliphatic heterocycles. The molecule has 0 aromatic heterocycles. The summed E-state index contributed by atoms with van der Waals surface area (Å²) in [6.07, 6.45) is -1.45. The lowest BCUT2D eigenvalue weighted by molar-refractivity contribution is -0.153. The first-order chi connectivity index (χ1) is 11.5. The highest BCUT2D eigenvalue weighted by atomic mass is 19.3. The molecule has 0 heterocycles. The Labute approximate surface area is 143 Å². The predicted molar refractivity (Wildman–Crippen MR) is 83.6 cm³/mol. The van der Waals surface area contributed by atoms with Crippen LogP contribution in [0.25, 0.3) is 0 Å². The molecule has 1 aromatic rings. The van der Waals surface area contributed by atoms with Crippen LogP contribution >= 0.6 is 0 Å². The highest BCUT2D eigenvalue weighted by molar-refractivity contribution is 5.85. The molecule has 1 aromatic carbocycles. The largest absolute Gasteiger partial charge is 0.465 e. The number of amides is 2. The van der Waals surface area contributed by atoms with E-state index in [9.17, 15) is 27.9 Å². The Bertz CT molecular complexity index is 605. The van der Waals surface area contributed by atoms with Gasteiger partial charge < -0.3 is 15.2 Å². The monoisotopic (exact) mass is 362 g/mol. The van der Waals surface area contributed by atoms with Crippen LogP contribution in [0.1, 0.15) is 26.3 Å². The van der Waals surface area contributed by atoms with Crippen LogP contribution in [-0.4, -0.2) is 46.8 Å². The van der Waals surface area contributed by atoms with Gasteiger partial charge in [-0.3, -0.25) is 9.69 Å². The number of rotatable bonds is 7. The van der Waals surface area contributed by atoms with Gasteiger partial charge in [0.1, 0.15) is 11.9 Å². The second-order valence-electron chi connectivity index (χ2n) is 6.28. The number of carboxylic acid groups (broad SMARTS) is 1. The van der Waals surface area contributed by atoms with Gasteiger partial charge in [-0.25, -0.2) is 9.18 Å². The molecule has 0 spiro atoms. The van der Waals surface area contributed by atoms with Crippen molar-refractivity contribution in [1.82, 2.24) is 10.2 Å². The summed E-state index contributed by atoms with van der Waals surface area (Å²) in [5.74, 6) is -1.31. The smallest absolute Gasteiger partial charge is 0.408 e. The van der Waals surface area contributed by atoms with Crippen molar-refractivity contribution < 1.29 is 32.6 Å². The Morgan fingerprint density at radius 1 is 1.32 bits per heavy atom. The standard InChI is InChI=1S/C16H21F3N2O4/c1-16(2,3)21(15(23)24)12(9-25-14(18)19)13(22)20-8-10-5-4-6-11(17)7-10/h4-7,12,14H,8-9H2,1-3H3,(H,20,22)(H,23,24)/t12-/m1/s1. The highest BCUT2D eigenvalue weighted by Crippen LogP contribution is 2.19. The van der Waals surface area contributed by atoms with Crippen molar-refractivity contribution in [1.29, 1.82) is 0 Å². The highest BCUT2D eigenvalue weighted by Gasteiger charge is 2.38. The van der Waals surface area contributed by atoms with E-state index < -0.39 is 42.6 Å². The number of alkyl halides is 2. The zero-order valence-corrected chi connectivity index (χ0v) is 14.1. The fraction of sp³-hybridized carbons (Fsp3) is 0.500. The Morgan fingerprint density at radius 3 is 2.44 bits per heavy atom. The number of nitrogens with zero attached hydrogens (tertiary/aromatic N) is 1. The van der Waals surface area contributed by atoms with Crippen LogP contribution in [0.5, 0.6) is 0 Å². The summed E-state index contributed by atoms with van der Waals surface area (Å²) in [6.45, 7) is 0.535. The first-order valence-electron chi connectivity index (χ1n) is 7.46. The maximum Gasteiger partial charge on any atom is 0.408 e. The van der Waals surface area contributed by atoms with E-state index in [0.717, 1.165) is 4.90 Å². The van der Waals surface area contributed by atoms with Crippen LogP contribution in [0, 0.1) is 5.82 Å². The number of nitrogens with one attached hydrogen (secondary N) is 1. The van der Waals surface area contributed by atoms with Gasteiger partial charge in [0.05, 0.1) is 6.61 Å². The molecule has 0 saturated carbocycles. The first kappa shape index (κ1) is 20.8. The number of ether oxygens (including phenoxy) is 1. The number of hydrogen-bond acceptors (Lipinski definition) is 3. The Hall–Kier alpha value is -2.29. The second kappa shape index (κ2) is 8.70. The fourth-order valence-corrected chi connectivity index (χ4v) is 2.27. The Morgan fingerprint density at radius 2 is 1.96 bits per heavy atom. The van der Waals surface area contributed by atoms with Crippen molar-refractivity contribution in [2.24, 2.45) is 0 Å². The molecule has 0 aliphatic rings. The van der Waals surface area contributed by atoms with E-state index in [1.165, 1.54) is 39.0 Å². The molecule has 1 atom stereocenters. The Kier molecular flexibility index (Phi) is 7.22. The normalized spacial score (nSPS) is 12.8. The summed E-state index contributed by atoms with van der Waals surface area (Å²) in [7, 11) is 0. The van der Waals surface area contributed by atoms with Crippen molar-refractivity contribution in [3.8, 4) is 0 Å². The molecule has 6 nitrogen and oxygen atoms in total. The van der Waals surface area contributed by atoms with Crippen molar-refractivity contribution in [3.05, 3.63) is 35.6 Å². The van der Waals surface area contributed by atoms with Crippen LogP contribution in [0.3, 0.4) is 0 Å². The molecule has 0 aliphatic carbocycles. The molecular formula is C16H21F3N2O4. The average molecular weight is 362 g/mol. The minimum atomic E-state index is -3.14. The molecule has 0 fully saturated rings. The molecule has 9 heteroatoms. The van der Waals surface area contributed by atoms with Gasteiger partial charge in [0.15, 0.2) is 0 Å². The lowest BCUT2D eigenvalue weighted by Gasteiger charge is -2.38. The summed E-state index contributed by atoms with van der Waals surface area (Å²) >= 11 is 0. The van der Waals surface area contributed by atoms with Crippen LogP contribution in [-0.2, 0) is 16.1 Å². The van der Waals surface area contributed by atoms with Gasteiger partial charge >= 0.3 is 12.7 Å². The molecule has 140 valence electrons. The van der Waals surface area contributed by atoms with E-state index in [2.05, 4.69) is 10.1 Å². The molecule has 1 rings (SSSR count). The van der Waals surface area contributed by atoms with Gasteiger partial charge in [0.2, 0.25) is 5.91 Å². The number of benzene rings is 1. The predicted octanol–water partition coefficient (Wildman–Crippen LogP) is 2.83. The third-order valence-corrected chi connectivity index (χ3v) is 3.28. The van der Waals surface area contributed by atoms with Crippen molar-refractivity contribution in [2.75, 3.05) is 6.61 Å². The van der Waals surface area contributed by atoms with Gasteiger partial charge in [0.25, 0.3) is 0 Å². The number of halogens is 3. The van der Waals surface area contributed by atoms with E-state index in [0.29, 0.717) is 5.56 Å². The van der Waals surface area contributed by atoms with Crippen LogP contribution in [0.15, 0.2) is 24.3 Å². The SMILES string of the molecule is CC(C)(C)N(C(=O)O)[C@H](COC(F)F)C(=O)NCc1cccc(F)c1. The quantitative estimate of drug-likeness (QED) is 0.782. The molecule has 0 saturated heterocycles. The van der Waals surface area contributed by atoms with E-state index in [-0.39, 0.29) is 6.54 Å². The van der Waals surface area contributed by atoms with E-state index in [1.54, 1.807) is 6.07 Å². The van der Waals surface area contributed by atoms with E-state index in [4.69, 9.17) is 0 Å². The zero-order chi connectivity index (χ0) is 19.2. The van der Waals surface area contributed by atoms with Gasteiger partial charge in [0, 0.05) is 12.1 Å². The van der Waals surface area contributed by atoms with Crippen molar-refractivity contribution in [3.63, 3.8) is 0 Å². The van der Waals surface area contributed by atoms with E-state index in [1.807, 2.05) is 0 Å². The molecule has 0 unspecified atom stereocenters. The van der Waals surface area contributed by atoms with E-state index >= 15 is 0 Å². The van der Waals surface area contributed by atoms with Gasteiger partial charge in [-0.2, -0.15) is 8.78 Å². The molecular weight excluding hydrogens is 341 g/mol. The number of hydrogen-bond donors (Lipinski definition) is 2. The average Bonchev–Trinajstić information content (AvgIpc) is 2.47. The fourth-order valence-electron chi connectivity index (χ4n) is 2.27. The maximum atomic E-state index is 13.1. The maximum absolute atomic E-state index is 13.1. The minimum absolute atomic E-state index is 0.0840. The van der Waals surface area contributed by atoms with Crippen LogP contribution < -0.4 is 5.32 Å². The summed E-state index contributed by atoms with van der Waals surface area (Å²) in [5, 5.41) is 11.8. The number of carbonyl (C=O) groups excluding carboxylic acids is 1. The second-order valence-corrected chi connectivity index (χ2v) is 6.28. The lowest BCUT2D eigenvalue weighted by Crippen LogP contribution is -2.58. The topological polar surface area (TPSA) is 78.9 Å². The van der Waals surface area contributed by atoms with Crippen molar-refractivity contribution >= 4 is 12.0 Å². The zero-order valence-electron chi connectivity index (χ0n) is 14.1. The van der Waals surface area contributed by atoms with Crippen molar-refractivity contribution in [2.45, 2.75) is 45.5 Å². The molecule has 2 amide bonds.